The molecule has 0 aromatic heterocycles. The Kier molecular flexibility index (Phi) is 20.6. The molecule has 0 atom stereocenters. The zero-order valence-corrected chi connectivity index (χ0v) is 50.0. The lowest BCUT2D eigenvalue weighted by Crippen LogP contribution is -2.12. The van der Waals surface area contributed by atoms with Crippen LogP contribution in [0.15, 0.2) is 183 Å². The van der Waals surface area contributed by atoms with Crippen LogP contribution in [-0.2, 0) is 71.3 Å². The number of methoxy groups -OCH3 is 2. The van der Waals surface area contributed by atoms with Crippen LogP contribution in [-0.4, -0.2) is 101 Å². The van der Waals surface area contributed by atoms with E-state index < -0.39 is 69.2 Å². The van der Waals surface area contributed by atoms with Crippen LogP contribution in [0.5, 0.6) is 23.0 Å². The van der Waals surface area contributed by atoms with E-state index in [0.29, 0.717) is 34.8 Å². The van der Waals surface area contributed by atoms with Gasteiger partial charge in [0.15, 0.2) is 0 Å². The molecule has 0 aliphatic heterocycles. The molecule has 0 fully saturated rings. The molecule has 27 nitrogen and oxygen atoms in total. The Morgan fingerprint density at radius 2 is 0.943 bits per heavy atom. The highest BCUT2D eigenvalue weighted by molar-refractivity contribution is 7.87. The largest absolute Gasteiger partial charge is 0.494 e. The number of nitrogens with zero attached hydrogens (tertiary/aromatic N) is 8. The van der Waals surface area contributed by atoms with Gasteiger partial charge in [-0.1, -0.05) is 31.2 Å². The summed E-state index contributed by atoms with van der Waals surface area (Å²) >= 11 is 0. The van der Waals surface area contributed by atoms with Crippen LogP contribution in [0.2, 0.25) is 0 Å². The molecule has 0 aliphatic rings. The summed E-state index contributed by atoms with van der Waals surface area (Å²) in [6.45, 7) is 0.819. The number of ether oxygens (including phenoxy) is 4. The molecule has 8 aromatic carbocycles. The van der Waals surface area contributed by atoms with Crippen LogP contribution in [0.4, 0.5) is 45.5 Å². The lowest BCUT2D eigenvalue weighted by molar-refractivity contribution is -0.117. The van der Waals surface area contributed by atoms with Crippen molar-refractivity contribution < 1.29 is 85.8 Å². The van der Waals surface area contributed by atoms with Gasteiger partial charge in [-0.05, 0) is 109 Å². The molecular formula is C57H54N8O19S4. The second-order valence-electron chi connectivity index (χ2n) is 19.1. The first-order chi connectivity index (χ1) is 41.8. The molecule has 460 valence electrons. The fraction of sp³-hybridized carbons (Fsp3) is 0.211. The number of rotatable bonds is 27. The fourth-order valence-corrected chi connectivity index (χ4v) is 11.3. The molecule has 0 spiro atoms. The molecule has 0 aliphatic carbocycles. The number of carbonyl (C=O) groups excluding carboxylic acids is 1. The molecule has 0 amide bonds. The quantitative estimate of drug-likeness (QED) is 0.0158. The van der Waals surface area contributed by atoms with E-state index in [4.69, 9.17) is 18.9 Å². The minimum absolute atomic E-state index is 0.0396. The van der Waals surface area contributed by atoms with Gasteiger partial charge in [0, 0.05) is 64.1 Å². The van der Waals surface area contributed by atoms with Crippen molar-refractivity contribution in [1.82, 2.24) is 0 Å². The summed E-state index contributed by atoms with van der Waals surface area (Å²) in [5.74, 6) is -0.273. The third-order valence-electron chi connectivity index (χ3n) is 12.9. The number of fused-ring (bicyclic) bond motifs is 2. The number of aliphatic hydroxyl groups is 2. The maximum absolute atomic E-state index is 14.1. The highest BCUT2D eigenvalue weighted by Crippen LogP contribution is 2.40. The van der Waals surface area contributed by atoms with E-state index in [1.807, 2.05) is 6.92 Å². The third kappa shape index (κ3) is 16.8. The van der Waals surface area contributed by atoms with E-state index in [1.54, 1.807) is 48.5 Å². The van der Waals surface area contributed by atoms with Crippen molar-refractivity contribution in [3.8, 4) is 23.0 Å². The van der Waals surface area contributed by atoms with Crippen LogP contribution < -0.4 is 18.9 Å². The maximum Gasteiger partial charge on any atom is 0.295 e. The van der Waals surface area contributed by atoms with Gasteiger partial charge in [-0.15, -0.1) is 15.3 Å². The lowest BCUT2D eigenvalue weighted by Gasteiger charge is -2.16. The Bertz CT molecular complexity index is 4600. The minimum atomic E-state index is -4.98. The van der Waals surface area contributed by atoms with Crippen LogP contribution >= 0.6 is 0 Å². The standard InChI is InChI=1S/C57H54N8O19S4/c1-4-17-83-52-30-50(64-63-49-16-14-43(28-55(49)82-3)61-60-41-11-9-34-7-5-8-56(46(34)26-41)87(75,76)77)38(32-66)20-36(52)22-44(68)23-37-25-54(81-2)51(31-53(37)84-18-6-19-85(69,70)71)65-62-48-15-13-40(21-39(48)33-67)58-59-42-12-10-35-24-45(86(72,73)74)29-57(47(35)27-42)88(78,79)80/h5,7-16,20-21,24-31,66-67H,4,6,17-19,22-23,32-33H2,1-3H3,(H,69,70,71)(H,72,73,74)(H,75,76,77)(H,78,79,80). The molecule has 0 bridgehead atoms. The number of carbonyl (C=O) groups is 1. The number of hydrogen-bond donors (Lipinski definition) is 6. The summed E-state index contributed by atoms with van der Waals surface area (Å²) in [4.78, 5) is 12.3. The summed E-state index contributed by atoms with van der Waals surface area (Å²) in [6, 6.07) is 29.8. The first-order valence-electron chi connectivity index (χ1n) is 26.1. The van der Waals surface area contributed by atoms with Crippen molar-refractivity contribution >= 4 is 113 Å². The minimum Gasteiger partial charge on any atom is -0.494 e. The number of benzene rings is 8. The number of Topliss-reactive ketones (excluding diaryl/α,β-unsaturated/α-hetero) is 1. The maximum atomic E-state index is 14.1. The first kappa shape index (κ1) is 65.1. The molecule has 0 saturated heterocycles. The second kappa shape index (κ2) is 27.9. The van der Waals surface area contributed by atoms with Crippen molar-refractivity contribution in [3.63, 3.8) is 0 Å². The molecule has 6 N–H and O–H groups in total. The van der Waals surface area contributed by atoms with Crippen molar-refractivity contribution in [3.05, 3.63) is 150 Å². The zero-order valence-electron chi connectivity index (χ0n) is 46.7. The van der Waals surface area contributed by atoms with Crippen molar-refractivity contribution in [2.45, 2.75) is 60.5 Å². The highest BCUT2D eigenvalue weighted by atomic mass is 32.2. The normalized spacial score (nSPS) is 12.6. The third-order valence-corrected chi connectivity index (χ3v) is 16.3. The average Bonchev–Trinajstić information content (AvgIpc) is 2.42. The van der Waals surface area contributed by atoms with Gasteiger partial charge in [0.1, 0.15) is 49.9 Å². The molecule has 8 rings (SSSR count). The topological polar surface area (TPSA) is 411 Å². The van der Waals surface area contributed by atoms with Gasteiger partial charge < -0.3 is 29.2 Å². The Morgan fingerprint density at radius 3 is 1.53 bits per heavy atom. The molecular weight excluding hydrogens is 1230 g/mol. The van der Waals surface area contributed by atoms with E-state index in [2.05, 4.69) is 40.9 Å². The van der Waals surface area contributed by atoms with Crippen molar-refractivity contribution in [2.75, 3.05) is 33.2 Å². The number of aliphatic hydroxyl groups excluding tert-OH is 2. The highest BCUT2D eigenvalue weighted by Gasteiger charge is 2.23. The molecule has 8 aromatic rings. The van der Waals surface area contributed by atoms with E-state index in [0.717, 1.165) is 6.07 Å². The molecule has 0 heterocycles. The van der Waals surface area contributed by atoms with E-state index >= 15 is 0 Å². The van der Waals surface area contributed by atoms with E-state index in [9.17, 15) is 66.9 Å². The van der Waals surface area contributed by atoms with Gasteiger partial charge in [0.25, 0.3) is 40.5 Å². The predicted octanol–water partition coefficient (Wildman–Crippen LogP) is 12.2. The van der Waals surface area contributed by atoms with Gasteiger partial charge in [-0.25, -0.2) is 0 Å². The van der Waals surface area contributed by atoms with Crippen LogP contribution in [0.25, 0.3) is 21.5 Å². The fourth-order valence-electron chi connectivity index (χ4n) is 8.73. The average molecular weight is 1280 g/mol. The Hall–Kier alpha value is -8.89. The molecule has 0 radical (unpaired) electrons. The van der Waals surface area contributed by atoms with Gasteiger partial charge in [-0.2, -0.15) is 59.2 Å². The number of hydrogen-bond acceptors (Lipinski definition) is 23. The predicted molar refractivity (Wildman–Crippen MR) is 319 cm³/mol. The van der Waals surface area contributed by atoms with Crippen LogP contribution in [0.3, 0.4) is 0 Å². The molecule has 31 heteroatoms. The van der Waals surface area contributed by atoms with Crippen molar-refractivity contribution in [2.24, 2.45) is 40.9 Å². The van der Waals surface area contributed by atoms with Crippen LogP contribution in [0, 0.1) is 0 Å². The van der Waals surface area contributed by atoms with Crippen LogP contribution in [0.1, 0.15) is 42.0 Å². The molecule has 0 unspecified atom stereocenters. The first-order valence-corrected chi connectivity index (χ1v) is 32.0. The second-order valence-corrected chi connectivity index (χ2v) is 24.9. The SMILES string of the molecule is CCCOc1cc(N=Nc2ccc(N=Nc3ccc4cccc(S(=O)(=O)O)c4c3)cc2OC)c(CO)cc1CC(=O)Cc1cc(OC)c(N=Nc2ccc(N=Nc3ccc4cc(S(=O)(=O)O)cc(S(=O)(=O)O)c4c3)cc2CO)cc1OCCCS(=O)(=O)O. The Balaban J connectivity index is 1.02. The summed E-state index contributed by atoms with van der Waals surface area (Å²) in [5.41, 5.74) is 2.81. The number of azo groups is 4. The summed E-state index contributed by atoms with van der Waals surface area (Å²) < 4.78 is 157. The lowest BCUT2D eigenvalue weighted by atomic mass is 9.98. The summed E-state index contributed by atoms with van der Waals surface area (Å²) in [5, 5.41) is 55.9. The Morgan fingerprint density at radius 1 is 0.443 bits per heavy atom. The van der Waals surface area contributed by atoms with Gasteiger partial charge in [0.2, 0.25) is 0 Å². The summed E-state index contributed by atoms with van der Waals surface area (Å²) in [6.07, 6.45) is -0.0542. The number of ketones is 1. The van der Waals surface area contributed by atoms with E-state index in [-0.39, 0.29) is 133 Å². The van der Waals surface area contributed by atoms with E-state index in [1.165, 1.54) is 80.9 Å². The summed E-state index contributed by atoms with van der Waals surface area (Å²) in [7, 11) is -15.9. The van der Waals surface area contributed by atoms with Gasteiger partial charge >= 0.3 is 0 Å². The van der Waals surface area contributed by atoms with Gasteiger partial charge in [-0.3, -0.25) is 23.0 Å². The van der Waals surface area contributed by atoms with Crippen molar-refractivity contribution in [1.29, 1.82) is 0 Å². The molecule has 88 heavy (non-hydrogen) atoms. The van der Waals surface area contributed by atoms with Gasteiger partial charge in [0.05, 0.1) is 85.4 Å². The zero-order chi connectivity index (χ0) is 63.6. The monoisotopic (exact) mass is 1280 g/mol. The smallest absolute Gasteiger partial charge is 0.295 e. The Labute approximate surface area is 503 Å². The molecule has 0 saturated carbocycles.